The molecule has 2 aliphatic heterocycles. The smallest absolute Gasteiger partial charge is 0.406 e. The zero-order chi connectivity index (χ0) is 24.7. The number of nitrogens with two attached hydrogens (primary N) is 1. The first kappa shape index (κ1) is 24.2. The number of rotatable bonds is 8. The van der Waals surface area contributed by atoms with Crippen LogP contribution in [0.25, 0.3) is 0 Å². The fraction of sp³-hybridized carbons (Fsp3) is 0.429. The van der Waals surface area contributed by atoms with Crippen molar-refractivity contribution in [2.24, 2.45) is 10.7 Å². The van der Waals surface area contributed by atoms with Gasteiger partial charge in [0.1, 0.15) is 5.75 Å². The van der Waals surface area contributed by atoms with Gasteiger partial charge in [0.25, 0.3) is 0 Å². The lowest BCUT2D eigenvalue weighted by molar-refractivity contribution is 0.0394. The van der Waals surface area contributed by atoms with Gasteiger partial charge in [-0.05, 0) is 74.5 Å². The van der Waals surface area contributed by atoms with E-state index in [1.807, 2.05) is 35.2 Å². The number of carbonyl (C=O) groups excluding carboxylic acids is 1. The second-order valence-corrected chi connectivity index (χ2v) is 9.54. The molecule has 2 aromatic rings. The second-order valence-electron chi connectivity index (χ2n) is 9.54. The number of likely N-dealkylation sites (tertiary alicyclic amines) is 1. The predicted molar refractivity (Wildman–Crippen MR) is 141 cm³/mol. The maximum absolute atomic E-state index is 11.7. The lowest BCUT2D eigenvalue weighted by Gasteiger charge is -2.38. The summed E-state index contributed by atoms with van der Waals surface area (Å²) in [6, 6.07) is 16.3. The van der Waals surface area contributed by atoms with Crippen LogP contribution in [-0.2, 0) is 11.2 Å². The van der Waals surface area contributed by atoms with Crippen LogP contribution in [0.3, 0.4) is 0 Å². The van der Waals surface area contributed by atoms with E-state index in [1.165, 1.54) is 43.5 Å². The standard InChI is InChI=1S/C28H35N5O3/c29-27(34)36-26-14-15-30-28(33(26)25-13-12-21-8-2-3-11-24(21)25)31-22-9-6-10-23(20-22)35-19-7-18-32-16-4-1-5-17-32/h2-3,6,8-11,14-15,20,25-26H,1,4-5,7,12-13,16-19H2,(H2,29,34)(H,30,31). The van der Waals surface area contributed by atoms with Crippen molar-refractivity contribution in [1.29, 1.82) is 0 Å². The molecule has 190 valence electrons. The number of aliphatic imine (C=N–C) groups is 1. The summed E-state index contributed by atoms with van der Waals surface area (Å²) in [4.78, 5) is 20.8. The van der Waals surface area contributed by atoms with Crippen molar-refractivity contribution in [3.63, 3.8) is 0 Å². The van der Waals surface area contributed by atoms with Crippen LogP contribution < -0.4 is 15.8 Å². The molecule has 0 bridgehead atoms. The van der Waals surface area contributed by atoms with Crippen LogP contribution >= 0.6 is 0 Å². The number of piperidine rings is 1. The quantitative estimate of drug-likeness (QED) is 0.525. The number of nitrogens with one attached hydrogen (secondary N) is 1. The van der Waals surface area contributed by atoms with Crippen LogP contribution in [0.5, 0.6) is 5.75 Å². The normalized spacial score (nSPS) is 21.6. The fourth-order valence-corrected chi connectivity index (χ4v) is 5.38. The first-order valence-corrected chi connectivity index (χ1v) is 13.0. The van der Waals surface area contributed by atoms with Gasteiger partial charge in [0.2, 0.25) is 12.2 Å². The largest absolute Gasteiger partial charge is 0.493 e. The predicted octanol–water partition coefficient (Wildman–Crippen LogP) is 4.65. The number of anilines is 1. The zero-order valence-electron chi connectivity index (χ0n) is 20.6. The molecule has 3 aliphatic rings. The van der Waals surface area contributed by atoms with Crippen molar-refractivity contribution in [2.75, 3.05) is 31.6 Å². The number of hydrogen-bond acceptors (Lipinski definition) is 7. The van der Waals surface area contributed by atoms with Crippen molar-refractivity contribution in [3.8, 4) is 5.75 Å². The summed E-state index contributed by atoms with van der Waals surface area (Å²) in [5, 5.41) is 3.43. The number of carbonyl (C=O) groups is 1. The van der Waals surface area contributed by atoms with Crippen LogP contribution in [0.15, 0.2) is 65.8 Å². The molecule has 0 spiro atoms. The summed E-state index contributed by atoms with van der Waals surface area (Å²) in [6.45, 7) is 4.18. The third-order valence-electron chi connectivity index (χ3n) is 7.07. The number of guanidine groups is 1. The molecule has 0 radical (unpaired) electrons. The number of benzene rings is 2. The maximum atomic E-state index is 11.7. The van der Waals surface area contributed by atoms with Gasteiger partial charge in [-0.3, -0.25) is 4.90 Å². The summed E-state index contributed by atoms with van der Waals surface area (Å²) in [7, 11) is 0. The van der Waals surface area contributed by atoms with E-state index < -0.39 is 12.3 Å². The van der Waals surface area contributed by atoms with E-state index in [-0.39, 0.29) is 6.04 Å². The first-order chi connectivity index (χ1) is 17.7. The highest BCUT2D eigenvalue weighted by Gasteiger charge is 2.36. The van der Waals surface area contributed by atoms with E-state index in [9.17, 15) is 4.79 Å². The minimum absolute atomic E-state index is 0.0102. The molecule has 2 aromatic carbocycles. The topological polar surface area (TPSA) is 92.4 Å². The molecule has 1 saturated heterocycles. The molecule has 1 fully saturated rings. The van der Waals surface area contributed by atoms with Crippen LogP contribution in [0.1, 0.15) is 49.3 Å². The third kappa shape index (κ3) is 5.82. The van der Waals surface area contributed by atoms with Crippen LogP contribution in [0.4, 0.5) is 10.5 Å². The Hall–Kier alpha value is -3.52. The van der Waals surface area contributed by atoms with Gasteiger partial charge in [0.15, 0.2) is 0 Å². The molecule has 8 heteroatoms. The lowest BCUT2D eigenvalue weighted by atomic mass is 10.1. The minimum atomic E-state index is -0.817. The average molecular weight is 490 g/mol. The summed E-state index contributed by atoms with van der Waals surface area (Å²) in [6.07, 6.45) is 8.77. The molecule has 8 nitrogen and oxygen atoms in total. The molecule has 5 rings (SSSR count). The summed E-state index contributed by atoms with van der Waals surface area (Å²) in [5.74, 6) is 1.42. The third-order valence-corrected chi connectivity index (χ3v) is 7.07. The molecule has 3 N–H and O–H groups in total. The van der Waals surface area contributed by atoms with Crippen molar-refractivity contribution in [3.05, 3.63) is 71.9 Å². The van der Waals surface area contributed by atoms with E-state index in [1.54, 1.807) is 12.3 Å². The van der Waals surface area contributed by atoms with Gasteiger partial charge < -0.3 is 25.4 Å². The highest BCUT2D eigenvalue weighted by Crippen LogP contribution is 2.38. The molecule has 2 heterocycles. The Morgan fingerprint density at radius 1 is 1.11 bits per heavy atom. The van der Waals surface area contributed by atoms with Crippen molar-refractivity contribution >= 4 is 17.7 Å². The Balaban J connectivity index is 1.26. The second kappa shape index (κ2) is 11.5. The Morgan fingerprint density at radius 3 is 2.83 bits per heavy atom. The number of fused-ring (bicyclic) bond motifs is 1. The van der Waals surface area contributed by atoms with Crippen molar-refractivity contribution < 1.29 is 14.3 Å². The molecular weight excluding hydrogens is 454 g/mol. The lowest BCUT2D eigenvalue weighted by Crippen LogP contribution is -2.48. The van der Waals surface area contributed by atoms with Gasteiger partial charge in [-0.15, -0.1) is 0 Å². The van der Waals surface area contributed by atoms with E-state index in [2.05, 4.69) is 33.4 Å². The summed E-state index contributed by atoms with van der Waals surface area (Å²) < 4.78 is 11.5. The van der Waals surface area contributed by atoms with Gasteiger partial charge in [0, 0.05) is 24.5 Å². The van der Waals surface area contributed by atoms with Gasteiger partial charge >= 0.3 is 6.09 Å². The van der Waals surface area contributed by atoms with E-state index in [0.717, 1.165) is 37.2 Å². The highest BCUT2D eigenvalue weighted by atomic mass is 16.6. The van der Waals surface area contributed by atoms with Gasteiger partial charge in [-0.2, -0.15) is 0 Å². The van der Waals surface area contributed by atoms with Crippen LogP contribution in [0.2, 0.25) is 0 Å². The SMILES string of the molecule is NC(=O)OC1C=CN=C(Nc2cccc(OCCCN3CCCCC3)c2)N1C1CCc2ccccc21. The number of aryl methyl sites for hydroxylation is 1. The Morgan fingerprint density at radius 2 is 1.97 bits per heavy atom. The van der Waals surface area contributed by atoms with Crippen molar-refractivity contribution in [2.45, 2.75) is 50.8 Å². The van der Waals surface area contributed by atoms with Gasteiger partial charge in [0.05, 0.1) is 12.6 Å². The Labute approximate surface area is 212 Å². The van der Waals surface area contributed by atoms with E-state index in [4.69, 9.17) is 15.2 Å². The van der Waals surface area contributed by atoms with E-state index >= 15 is 0 Å². The minimum Gasteiger partial charge on any atom is -0.493 e. The Kier molecular flexibility index (Phi) is 7.71. The monoisotopic (exact) mass is 489 g/mol. The summed E-state index contributed by atoms with van der Waals surface area (Å²) in [5.41, 5.74) is 8.77. The number of ether oxygens (including phenoxy) is 2. The zero-order valence-corrected chi connectivity index (χ0v) is 20.6. The molecule has 2 atom stereocenters. The number of hydrogen-bond donors (Lipinski definition) is 2. The van der Waals surface area contributed by atoms with E-state index in [0.29, 0.717) is 12.6 Å². The van der Waals surface area contributed by atoms with Gasteiger partial charge in [-0.1, -0.05) is 36.8 Å². The number of nitrogens with zero attached hydrogens (tertiary/aromatic N) is 3. The molecule has 2 unspecified atom stereocenters. The Bertz CT molecular complexity index is 1110. The molecule has 0 aromatic heterocycles. The fourth-order valence-electron chi connectivity index (χ4n) is 5.38. The molecule has 1 aliphatic carbocycles. The highest BCUT2D eigenvalue weighted by molar-refractivity contribution is 5.95. The molecule has 1 amide bonds. The molecular formula is C28H35N5O3. The van der Waals surface area contributed by atoms with Crippen LogP contribution in [-0.4, -0.2) is 54.3 Å². The average Bonchev–Trinajstić information content (AvgIpc) is 3.31. The summed E-state index contributed by atoms with van der Waals surface area (Å²) >= 11 is 0. The maximum Gasteiger partial charge on any atom is 0.406 e. The number of amides is 1. The van der Waals surface area contributed by atoms with Gasteiger partial charge in [-0.25, -0.2) is 9.79 Å². The molecule has 0 saturated carbocycles. The molecule has 36 heavy (non-hydrogen) atoms. The van der Waals surface area contributed by atoms with Crippen LogP contribution in [0, 0.1) is 0 Å². The van der Waals surface area contributed by atoms with Crippen molar-refractivity contribution in [1.82, 2.24) is 9.80 Å². The first-order valence-electron chi connectivity index (χ1n) is 13.0. The number of primary amides is 1.